The molecule has 0 unspecified atom stereocenters. The van der Waals surface area contributed by atoms with E-state index in [4.69, 9.17) is 4.74 Å². The van der Waals surface area contributed by atoms with Crippen LogP contribution in [0.5, 0.6) is 0 Å². The lowest BCUT2D eigenvalue weighted by molar-refractivity contribution is -0.156. The summed E-state index contributed by atoms with van der Waals surface area (Å²) in [5.74, 6) is -0.438. The molecule has 0 fully saturated rings. The highest BCUT2D eigenvalue weighted by atomic mass is 16.6. The number of aliphatic imine (C=N–C) groups is 1. The van der Waals surface area contributed by atoms with E-state index in [1.165, 1.54) is 6.08 Å². The average molecular weight is 227 g/mol. The molecule has 0 aliphatic carbocycles. The summed E-state index contributed by atoms with van der Waals surface area (Å²) in [6.07, 6.45) is 4.94. The first-order chi connectivity index (χ1) is 7.40. The molecular formula is C12H21NO3. The van der Waals surface area contributed by atoms with Gasteiger partial charge in [-0.05, 0) is 27.2 Å². The first-order valence-corrected chi connectivity index (χ1v) is 5.70. The first kappa shape index (κ1) is 14.8. The maximum atomic E-state index is 11.6. The second kappa shape index (κ2) is 7.18. The number of unbranched alkanes of at least 4 members (excludes halogenated alkanes) is 2. The first-order valence-electron chi connectivity index (χ1n) is 5.70. The van der Waals surface area contributed by atoms with Crippen molar-refractivity contribution < 1.29 is 14.3 Å². The maximum Gasteiger partial charge on any atom is 0.332 e. The van der Waals surface area contributed by atoms with E-state index in [0.29, 0.717) is 6.42 Å². The summed E-state index contributed by atoms with van der Waals surface area (Å²) in [6, 6.07) is -0.691. The Morgan fingerprint density at radius 3 is 2.44 bits per heavy atom. The summed E-state index contributed by atoms with van der Waals surface area (Å²) >= 11 is 0. The zero-order valence-corrected chi connectivity index (χ0v) is 10.6. The van der Waals surface area contributed by atoms with Crippen molar-refractivity contribution in [2.75, 3.05) is 0 Å². The van der Waals surface area contributed by atoms with Crippen LogP contribution in [0, 0.1) is 0 Å². The summed E-state index contributed by atoms with van der Waals surface area (Å²) < 4.78 is 5.17. The van der Waals surface area contributed by atoms with E-state index in [1.807, 2.05) is 0 Å². The molecule has 0 spiro atoms. The Labute approximate surface area is 97.1 Å². The van der Waals surface area contributed by atoms with Crippen molar-refractivity contribution in [3.63, 3.8) is 0 Å². The average Bonchev–Trinajstić information content (AvgIpc) is 2.14. The largest absolute Gasteiger partial charge is 0.458 e. The molecule has 0 rings (SSSR count). The van der Waals surface area contributed by atoms with Crippen molar-refractivity contribution >= 4 is 12.0 Å². The number of hydrogen-bond donors (Lipinski definition) is 0. The Balaban J connectivity index is 4.30. The maximum absolute atomic E-state index is 11.6. The van der Waals surface area contributed by atoms with Gasteiger partial charge in [0.25, 0.3) is 0 Å². The van der Waals surface area contributed by atoms with Gasteiger partial charge in [-0.2, -0.15) is 4.99 Å². The number of carbonyl (C=O) groups is 1. The molecule has 0 N–H and O–H groups in total. The molecule has 0 bridgehead atoms. The van der Waals surface area contributed by atoms with E-state index in [0.717, 1.165) is 19.3 Å². The van der Waals surface area contributed by atoms with E-state index >= 15 is 0 Å². The lowest BCUT2D eigenvalue weighted by Crippen LogP contribution is -2.30. The Bertz CT molecular complexity index is 262. The van der Waals surface area contributed by atoms with Gasteiger partial charge in [0.15, 0.2) is 6.04 Å². The fourth-order valence-corrected chi connectivity index (χ4v) is 1.26. The Morgan fingerprint density at radius 2 is 2.00 bits per heavy atom. The zero-order valence-electron chi connectivity index (χ0n) is 10.6. The summed E-state index contributed by atoms with van der Waals surface area (Å²) in [4.78, 5) is 25.4. The van der Waals surface area contributed by atoms with Gasteiger partial charge in [-0.25, -0.2) is 9.59 Å². The van der Waals surface area contributed by atoms with E-state index < -0.39 is 17.6 Å². The van der Waals surface area contributed by atoms with Crippen LogP contribution in [-0.2, 0) is 14.3 Å². The zero-order chi connectivity index (χ0) is 12.6. The van der Waals surface area contributed by atoms with Gasteiger partial charge in [0.1, 0.15) is 5.60 Å². The van der Waals surface area contributed by atoms with Gasteiger partial charge >= 0.3 is 5.97 Å². The molecule has 0 amide bonds. The van der Waals surface area contributed by atoms with Crippen LogP contribution in [-0.4, -0.2) is 23.7 Å². The highest BCUT2D eigenvalue weighted by Gasteiger charge is 2.24. The molecule has 0 aromatic heterocycles. The molecule has 0 aliphatic rings. The number of hydrogen-bond acceptors (Lipinski definition) is 4. The fraction of sp³-hybridized carbons (Fsp3) is 0.833. The number of esters is 1. The molecular weight excluding hydrogens is 206 g/mol. The van der Waals surface area contributed by atoms with Crippen molar-refractivity contribution in [1.29, 1.82) is 0 Å². The molecule has 0 aromatic rings. The van der Waals surface area contributed by atoms with Crippen LogP contribution in [0.1, 0.15) is 53.4 Å². The van der Waals surface area contributed by atoms with E-state index in [2.05, 4.69) is 11.9 Å². The van der Waals surface area contributed by atoms with Gasteiger partial charge in [0.2, 0.25) is 6.08 Å². The second-order valence-electron chi connectivity index (χ2n) is 4.77. The lowest BCUT2D eigenvalue weighted by Gasteiger charge is -2.21. The van der Waals surface area contributed by atoms with Gasteiger partial charge in [0, 0.05) is 0 Å². The normalized spacial score (nSPS) is 12.8. The predicted octanol–water partition coefficient (Wildman–Crippen LogP) is 2.61. The van der Waals surface area contributed by atoms with Crippen molar-refractivity contribution in [3.8, 4) is 0 Å². The van der Waals surface area contributed by atoms with E-state index in [-0.39, 0.29) is 0 Å². The van der Waals surface area contributed by atoms with Gasteiger partial charge in [-0.15, -0.1) is 0 Å². The topological polar surface area (TPSA) is 55.7 Å². The van der Waals surface area contributed by atoms with Gasteiger partial charge < -0.3 is 4.74 Å². The van der Waals surface area contributed by atoms with Crippen molar-refractivity contribution in [1.82, 2.24) is 0 Å². The van der Waals surface area contributed by atoms with E-state index in [1.54, 1.807) is 20.8 Å². The molecule has 0 saturated heterocycles. The number of isocyanates is 1. The molecule has 0 radical (unpaired) electrons. The number of rotatable bonds is 6. The smallest absolute Gasteiger partial charge is 0.332 e. The third-order valence-corrected chi connectivity index (χ3v) is 1.97. The van der Waals surface area contributed by atoms with Crippen LogP contribution in [0.25, 0.3) is 0 Å². The lowest BCUT2D eigenvalue weighted by atomic mass is 10.1. The Morgan fingerprint density at radius 1 is 1.38 bits per heavy atom. The second-order valence-corrected chi connectivity index (χ2v) is 4.77. The van der Waals surface area contributed by atoms with Gasteiger partial charge in [-0.3, -0.25) is 0 Å². The fourth-order valence-electron chi connectivity index (χ4n) is 1.26. The van der Waals surface area contributed by atoms with Crippen LogP contribution in [0.2, 0.25) is 0 Å². The summed E-state index contributed by atoms with van der Waals surface area (Å²) in [5.41, 5.74) is -0.543. The van der Waals surface area contributed by atoms with Crippen molar-refractivity contribution in [3.05, 3.63) is 0 Å². The number of ether oxygens (including phenoxy) is 1. The quantitative estimate of drug-likeness (QED) is 0.303. The molecule has 92 valence electrons. The minimum absolute atomic E-state index is 0.438. The third kappa shape index (κ3) is 7.18. The van der Waals surface area contributed by atoms with Crippen LogP contribution in [0.15, 0.2) is 4.99 Å². The highest BCUT2D eigenvalue weighted by molar-refractivity contribution is 5.77. The molecule has 1 atom stereocenters. The van der Waals surface area contributed by atoms with Crippen LogP contribution in [0.3, 0.4) is 0 Å². The summed E-state index contributed by atoms with van der Waals surface area (Å²) in [7, 11) is 0. The van der Waals surface area contributed by atoms with Gasteiger partial charge in [-0.1, -0.05) is 26.2 Å². The molecule has 4 heteroatoms. The summed E-state index contributed by atoms with van der Waals surface area (Å²) in [5, 5.41) is 0. The SMILES string of the molecule is CCCCC[C@@H](N=C=O)C(=O)OC(C)(C)C. The molecule has 0 saturated carbocycles. The molecule has 0 aromatic carbocycles. The van der Waals surface area contributed by atoms with Crippen LogP contribution < -0.4 is 0 Å². The van der Waals surface area contributed by atoms with Crippen molar-refractivity contribution in [2.45, 2.75) is 65.0 Å². The van der Waals surface area contributed by atoms with Crippen molar-refractivity contribution in [2.24, 2.45) is 4.99 Å². The standard InChI is InChI=1S/C12H21NO3/c1-5-6-7-8-10(13-9-14)11(15)16-12(2,3)4/h10H,5-8H2,1-4H3/t10-/m1/s1. The number of nitrogens with zero attached hydrogens (tertiary/aromatic N) is 1. The Kier molecular flexibility index (Phi) is 6.66. The number of carbonyl (C=O) groups excluding carboxylic acids is 2. The monoisotopic (exact) mass is 227 g/mol. The predicted molar refractivity (Wildman–Crippen MR) is 61.9 cm³/mol. The van der Waals surface area contributed by atoms with E-state index in [9.17, 15) is 9.59 Å². The third-order valence-electron chi connectivity index (χ3n) is 1.97. The Hall–Kier alpha value is -1.15. The molecule has 0 aliphatic heterocycles. The summed E-state index contributed by atoms with van der Waals surface area (Å²) in [6.45, 7) is 7.45. The molecule has 16 heavy (non-hydrogen) atoms. The van der Waals surface area contributed by atoms with Gasteiger partial charge in [0.05, 0.1) is 0 Å². The molecule has 4 nitrogen and oxygen atoms in total. The van der Waals surface area contributed by atoms with Crippen LogP contribution >= 0.6 is 0 Å². The highest BCUT2D eigenvalue weighted by Crippen LogP contribution is 2.13. The molecule has 0 heterocycles. The van der Waals surface area contributed by atoms with Crippen LogP contribution in [0.4, 0.5) is 0 Å². The minimum Gasteiger partial charge on any atom is -0.458 e. The minimum atomic E-state index is -0.691.